The van der Waals surface area contributed by atoms with Gasteiger partial charge in [-0.25, -0.2) is 0 Å². The lowest BCUT2D eigenvalue weighted by Crippen LogP contribution is -2.31. The zero-order chi connectivity index (χ0) is 10.3. The summed E-state index contributed by atoms with van der Waals surface area (Å²) in [6, 6.07) is 7.74. The molecule has 1 amide bonds. The van der Waals surface area contributed by atoms with Gasteiger partial charge < -0.3 is 10.8 Å². The van der Waals surface area contributed by atoms with Gasteiger partial charge in [0.15, 0.2) is 5.60 Å². The molecule has 0 radical (unpaired) electrons. The second kappa shape index (κ2) is 2.82. The number of aliphatic hydroxyl groups is 1. The summed E-state index contributed by atoms with van der Waals surface area (Å²) in [5.74, 6) is -0.730. The highest BCUT2D eigenvalue weighted by Gasteiger charge is 2.58. The number of amides is 1. The fraction of sp³-hybridized carbons (Fsp3) is 0.364. The van der Waals surface area contributed by atoms with E-state index in [9.17, 15) is 9.90 Å². The van der Waals surface area contributed by atoms with Crippen molar-refractivity contribution < 1.29 is 9.90 Å². The summed E-state index contributed by atoms with van der Waals surface area (Å²) in [6.07, 6.45) is 0.452. The number of nitrogens with two attached hydrogens (primary N) is 1. The lowest BCUT2D eigenvalue weighted by molar-refractivity contribution is -0.128. The molecule has 3 heteroatoms. The number of hydrogen-bond donors (Lipinski definition) is 2. The Morgan fingerprint density at radius 2 is 2.21 bits per heavy atom. The highest BCUT2D eigenvalue weighted by atomic mass is 16.3. The van der Waals surface area contributed by atoms with Crippen LogP contribution in [0.3, 0.4) is 0 Å². The van der Waals surface area contributed by atoms with Gasteiger partial charge in [0.1, 0.15) is 0 Å². The first-order valence-corrected chi connectivity index (χ1v) is 4.63. The Morgan fingerprint density at radius 1 is 1.57 bits per heavy atom. The molecule has 0 aliphatic heterocycles. The first-order valence-electron chi connectivity index (χ1n) is 4.63. The third-order valence-corrected chi connectivity index (χ3v) is 2.92. The van der Waals surface area contributed by atoms with Gasteiger partial charge in [-0.3, -0.25) is 4.79 Å². The molecule has 0 spiro atoms. The maximum absolute atomic E-state index is 11.0. The highest BCUT2D eigenvalue weighted by Crippen LogP contribution is 2.51. The lowest BCUT2D eigenvalue weighted by atomic mass is 10.0. The monoisotopic (exact) mass is 191 g/mol. The second-order valence-electron chi connectivity index (χ2n) is 3.90. The molecule has 3 nitrogen and oxygen atoms in total. The summed E-state index contributed by atoms with van der Waals surface area (Å²) >= 11 is 0. The minimum absolute atomic E-state index is 0.110. The average molecular weight is 191 g/mol. The maximum Gasteiger partial charge on any atom is 0.250 e. The number of aryl methyl sites for hydroxylation is 1. The SMILES string of the molecule is Cc1ccccc1C1CC1(O)C(N)=O. The van der Waals surface area contributed by atoms with Crippen LogP contribution in [0.1, 0.15) is 23.5 Å². The van der Waals surface area contributed by atoms with E-state index >= 15 is 0 Å². The summed E-state index contributed by atoms with van der Waals surface area (Å²) in [5.41, 5.74) is 5.94. The second-order valence-corrected chi connectivity index (χ2v) is 3.90. The summed E-state index contributed by atoms with van der Waals surface area (Å²) in [6.45, 7) is 1.97. The zero-order valence-electron chi connectivity index (χ0n) is 8.03. The first kappa shape index (κ1) is 9.21. The molecule has 74 valence electrons. The van der Waals surface area contributed by atoms with E-state index in [1.54, 1.807) is 0 Å². The van der Waals surface area contributed by atoms with Crippen LogP contribution in [0.15, 0.2) is 24.3 Å². The summed E-state index contributed by atoms with van der Waals surface area (Å²) < 4.78 is 0. The molecular formula is C11H13NO2. The third-order valence-electron chi connectivity index (χ3n) is 2.92. The van der Waals surface area contributed by atoms with E-state index in [0.29, 0.717) is 6.42 Å². The van der Waals surface area contributed by atoms with Gasteiger partial charge in [-0.05, 0) is 24.5 Å². The van der Waals surface area contributed by atoms with Crippen molar-refractivity contribution in [3.63, 3.8) is 0 Å². The van der Waals surface area contributed by atoms with Crippen molar-refractivity contribution in [1.82, 2.24) is 0 Å². The van der Waals surface area contributed by atoms with Crippen LogP contribution >= 0.6 is 0 Å². The van der Waals surface area contributed by atoms with Crippen LogP contribution in [0.2, 0.25) is 0 Å². The van der Waals surface area contributed by atoms with E-state index < -0.39 is 11.5 Å². The lowest BCUT2D eigenvalue weighted by Gasteiger charge is -2.07. The Hall–Kier alpha value is -1.35. The number of hydrogen-bond acceptors (Lipinski definition) is 2. The Balaban J connectivity index is 2.29. The van der Waals surface area contributed by atoms with Crippen LogP contribution in [0.25, 0.3) is 0 Å². The minimum atomic E-state index is -1.30. The molecule has 1 aliphatic carbocycles. The van der Waals surface area contributed by atoms with E-state index in [1.165, 1.54) is 0 Å². The number of carbonyl (C=O) groups is 1. The van der Waals surface area contributed by atoms with Gasteiger partial charge in [-0.2, -0.15) is 0 Å². The fourth-order valence-electron chi connectivity index (χ4n) is 1.87. The summed E-state index contributed by atoms with van der Waals surface area (Å²) in [7, 11) is 0. The maximum atomic E-state index is 11.0. The van der Waals surface area contributed by atoms with Crippen molar-refractivity contribution in [3.05, 3.63) is 35.4 Å². The van der Waals surface area contributed by atoms with Crippen molar-refractivity contribution in [3.8, 4) is 0 Å². The van der Waals surface area contributed by atoms with Gasteiger partial charge in [0.25, 0.3) is 0 Å². The van der Waals surface area contributed by atoms with Gasteiger partial charge in [0, 0.05) is 5.92 Å². The van der Waals surface area contributed by atoms with Gasteiger partial charge in [-0.15, -0.1) is 0 Å². The van der Waals surface area contributed by atoms with Crippen LogP contribution in [0.5, 0.6) is 0 Å². The Bertz CT molecular complexity index is 389. The molecule has 2 unspecified atom stereocenters. The topological polar surface area (TPSA) is 63.3 Å². The first-order chi connectivity index (χ1) is 6.55. The standard InChI is InChI=1S/C11H13NO2/c1-7-4-2-3-5-8(7)9-6-11(9,14)10(12)13/h2-5,9,14H,6H2,1H3,(H2,12,13). The number of carbonyl (C=O) groups excluding carboxylic acids is 1. The van der Waals surface area contributed by atoms with Gasteiger partial charge in [-0.1, -0.05) is 24.3 Å². The molecule has 1 aliphatic rings. The third kappa shape index (κ3) is 1.21. The van der Waals surface area contributed by atoms with Gasteiger partial charge in [0.05, 0.1) is 0 Å². The molecule has 0 aromatic heterocycles. The van der Waals surface area contributed by atoms with E-state index in [1.807, 2.05) is 31.2 Å². The molecule has 2 rings (SSSR count). The van der Waals surface area contributed by atoms with Crippen molar-refractivity contribution in [2.45, 2.75) is 24.9 Å². The normalized spacial score (nSPS) is 30.0. The smallest absolute Gasteiger partial charge is 0.250 e. The van der Waals surface area contributed by atoms with Crippen molar-refractivity contribution in [2.24, 2.45) is 5.73 Å². The number of rotatable bonds is 2. The highest BCUT2D eigenvalue weighted by molar-refractivity contribution is 5.88. The molecule has 14 heavy (non-hydrogen) atoms. The van der Waals surface area contributed by atoms with Crippen LogP contribution in [0, 0.1) is 6.92 Å². The molecule has 0 bridgehead atoms. The van der Waals surface area contributed by atoms with Crippen molar-refractivity contribution in [2.75, 3.05) is 0 Å². The van der Waals surface area contributed by atoms with Crippen molar-refractivity contribution >= 4 is 5.91 Å². The number of primary amides is 1. The quantitative estimate of drug-likeness (QED) is 0.722. The molecule has 2 atom stereocenters. The van der Waals surface area contributed by atoms with E-state index in [4.69, 9.17) is 5.73 Å². The van der Waals surface area contributed by atoms with E-state index in [-0.39, 0.29) is 5.92 Å². The summed E-state index contributed by atoms with van der Waals surface area (Å²) in [5, 5.41) is 9.77. The molecule has 1 saturated carbocycles. The largest absolute Gasteiger partial charge is 0.379 e. The van der Waals surface area contributed by atoms with Gasteiger partial charge in [0.2, 0.25) is 5.91 Å². The Morgan fingerprint density at radius 3 is 2.71 bits per heavy atom. The van der Waals surface area contributed by atoms with Crippen LogP contribution in [-0.2, 0) is 4.79 Å². The van der Waals surface area contributed by atoms with Gasteiger partial charge >= 0.3 is 0 Å². The molecule has 1 aromatic carbocycles. The molecule has 1 fully saturated rings. The van der Waals surface area contributed by atoms with Crippen LogP contribution in [0.4, 0.5) is 0 Å². The molecule has 3 N–H and O–H groups in total. The van der Waals surface area contributed by atoms with E-state index in [2.05, 4.69) is 0 Å². The summed E-state index contributed by atoms with van der Waals surface area (Å²) in [4.78, 5) is 11.0. The minimum Gasteiger partial charge on any atom is -0.379 e. The van der Waals surface area contributed by atoms with Crippen LogP contribution in [-0.4, -0.2) is 16.6 Å². The molecule has 1 aromatic rings. The van der Waals surface area contributed by atoms with Crippen LogP contribution < -0.4 is 5.73 Å². The van der Waals surface area contributed by atoms with E-state index in [0.717, 1.165) is 11.1 Å². The Labute approximate surface area is 82.5 Å². The predicted molar refractivity (Wildman–Crippen MR) is 52.7 cm³/mol. The molecular weight excluding hydrogens is 178 g/mol. The predicted octanol–water partition coefficient (Wildman–Crippen LogP) is 0.699. The number of benzene rings is 1. The molecule has 0 heterocycles. The molecule has 0 saturated heterocycles. The zero-order valence-corrected chi connectivity index (χ0v) is 8.03. The van der Waals surface area contributed by atoms with Crippen molar-refractivity contribution in [1.29, 1.82) is 0 Å². The fourth-order valence-corrected chi connectivity index (χ4v) is 1.87. The average Bonchev–Trinajstić information content (AvgIpc) is 2.80. The Kier molecular flexibility index (Phi) is 1.86.